The Morgan fingerprint density at radius 2 is 2.31 bits per heavy atom. The Hall–Kier alpha value is -0.800. The van der Waals surface area contributed by atoms with Crippen LogP contribution in [0, 0.1) is 14.9 Å². The van der Waals surface area contributed by atoms with Gasteiger partial charge in [-0.25, -0.2) is 0 Å². The lowest BCUT2D eigenvalue weighted by Gasteiger charge is -2.06. The van der Waals surface area contributed by atoms with Crippen LogP contribution < -0.4 is 0 Å². The molecule has 0 fully saturated rings. The maximum absolute atomic E-state index is 11.3. The van der Waals surface area contributed by atoms with Crippen molar-refractivity contribution in [3.05, 3.63) is 31.9 Å². The normalized spacial score (nSPS) is 9.62. The molecule has 0 N–H and O–H groups in total. The van der Waals surface area contributed by atoms with E-state index in [4.69, 9.17) is 21.6 Å². The van der Waals surface area contributed by atoms with E-state index in [1.807, 2.05) is 6.07 Å². The van der Waals surface area contributed by atoms with Crippen LogP contribution in [0.3, 0.4) is 0 Å². The molecule has 1 rings (SSSR count). The van der Waals surface area contributed by atoms with Crippen molar-refractivity contribution in [2.45, 2.75) is 13.3 Å². The van der Waals surface area contributed by atoms with Crippen molar-refractivity contribution in [2.75, 3.05) is 6.61 Å². The van der Waals surface area contributed by atoms with Crippen molar-refractivity contribution >= 4 is 40.2 Å². The number of halogens is 2. The van der Waals surface area contributed by atoms with E-state index in [0.29, 0.717) is 17.2 Å². The predicted molar refractivity (Wildman–Crippen MR) is 69.2 cm³/mol. The van der Waals surface area contributed by atoms with Crippen molar-refractivity contribution < 1.29 is 9.53 Å². The molecule has 0 heterocycles. The molecule has 0 unspecified atom stereocenters. The molecule has 1 aromatic carbocycles. The molecule has 0 amide bonds. The summed E-state index contributed by atoms with van der Waals surface area (Å²) in [4.78, 5) is 11.3. The summed E-state index contributed by atoms with van der Waals surface area (Å²) in [6, 6.07) is 5.28. The van der Waals surface area contributed by atoms with Gasteiger partial charge in [-0.05, 0) is 47.2 Å². The van der Waals surface area contributed by atoms with Crippen molar-refractivity contribution in [3.63, 3.8) is 0 Å². The van der Waals surface area contributed by atoms with Gasteiger partial charge in [-0.15, -0.1) is 0 Å². The van der Waals surface area contributed by atoms with Gasteiger partial charge in [0.25, 0.3) is 0 Å². The van der Waals surface area contributed by atoms with E-state index in [-0.39, 0.29) is 12.4 Å². The van der Waals surface area contributed by atoms with Gasteiger partial charge in [0, 0.05) is 3.57 Å². The summed E-state index contributed by atoms with van der Waals surface area (Å²) in [6.45, 7) is 2.11. The molecular weight excluding hydrogens is 340 g/mol. The van der Waals surface area contributed by atoms with E-state index in [1.54, 1.807) is 19.1 Å². The summed E-state index contributed by atoms with van der Waals surface area (Å²) in [5.74, 6) is -0.299. The number of rotatable bonds is 3. The Morgan fingerprint density at radius 1 is 1.62 bits per heavy atom. The second kappa shape index (κ2) is 6.06. The minimum Gasteiger partial charge on any atom is -0.466 e. The fraction of sp³-hybridized carbons (Fsp3) is 0.273. The van der Waals surface area contributed by atoms with Crippen molar-refractivity contribution in [1.29, 1.82) is 5.26 Å². The van der Waals surface area contributed by atoms with Crippen LogP contribution in [-0.2, 0) is 16.0 Å². The lowest BCUT2D eigenvalue weighted by atomic mass is 10.1. The number of hydrogen-bond acceptors (Lipinski definition) is 3. The van der Waals surface area contributed by atoms with Crippen LogP contribution in [-0.4, -0.2) is 12.6 Å². The summed E-state index contributed by atoms with van der Waals surface area (Å²) >= 11 is 7.93. The zero-order chi connectivity index (χ0) is 12.1. The van der Waals surface area contributed by atoms with Gasteiger partial charge in [0.15, 0.2) is 0 Å². The molecule has 0 aliphatic rings. The number of nitrogens with zero attached hydrogens (tertiary/aromatic N) is 1. The number of ether oxygens (including phenoxy) is 1. The van der Waals surface area contributed by atoms with Crippen LogP contribution in [0.2, 0.25) is 5.02 Å². The third kappa shape index (κ3) is 3.35. The molecule has 0 saturated carbocycles. The standard InChI is InChI=1S/C11H9ClINO2/c1-2-16-11(15)4-7-3-8(6-14)9(12)5-10(7)13/h3,5H,2,4H2,1H3. The minimum atomic E-state index is -0.299. The van der Waals surface area contributed by atoms with Crippen LogP contribution in [0.15, 0.2) is 12.1 Å². The van der Waals surface area contributed by atoms with Gasteiger partial charge < -0.3 is 4.74 Å². The highest BCUT2D eigenvalue weighted by molar-refractivity contribution is 14.1. The maximum Gasteiger partial charge on any atom is 0.310 e. The van der Waals surface area contributed by atoms with Gasteiger partial charge >= 0.3 is 5.97 Å². The molecule has 0 saturated heterocycles. The van der Waals surface area contributed by atoms with Crippen molar-refractivity contribution in [3.8, 4) is 6.07 Å². The Kier molecular flexibility index (Phi) is 5.03. The molecule has 0 aliphatic carbocycles. The highest BCUT2D eigenvalue weighted by atomic mass is 127. The second-order valence-corrected chi connectivity index (χ2v) is 4.59. The molecule has 0 spiro atoms. The minimum absolute atomic E-state index is 0.165. The lowest BCUT2D eigenvalue weighted by molar-refractivity contribution is -0.142. The zero-order valence-electron chi connectivity index (χ0n) is 8.59. The average Bonchev–Trinajstić information content (AvgIpc) is 2.22. The smallest absolute Gasteiger partial charge is 0.310 e. The van der Waals surface area contributed by atoms with Gasteiger partial charge in [0.2, 0.25) is 0 Å². The number of hydrogen-bond donors (Lipinski definition) is 0. The third-order valence-electron chi connectivity index (χ3n) is 1.90. The number of benzene rings is 1. The molecule has 84 valence electrons. The highest BCUT2D eigenvalue weighted by Crippen LogP contribution is 2.23. The Balaban J connectivity index is 2.97. The first-order valence-corrected chi connectivity index (χ1v) is 6.07. The van der Waals surface area contributed by atoms with Crippen LogP contribution in [0.1, 0.15) is 18.1 Å². The maximum atomic E-state index is 11.3. The molecule has 5 heteroatoms. The molecule has 0 bridgehead atoms. The molecular formula is C11H9ClINO2. The van der Waals surface area contributed by atoms with E-state index in [1.165, 1.54) is 0 Å². The third-order valence-corrected chi connectivity index (χ3v) is 3.21. The first kappa shape index (κ1) is 13.3. The molecule has 3 nitrogen and oxygen atoms in total. The van der Waals surface area contributed by atoms with E-state index in [0.717, 1.165) is 9.13 Å². The fourth-order valence-corrected chi connectivity index (χ4v) is 2.23. The molecule has 0 radical (unpaired) electrons. The lowest BCUT2D eigenvalue weighted by Crippen LogP contribution is -2.08. The zero-order valence-corrected chi connectivity index (χ0v) is 11.5. The van der Waals surface area contributed by atoms with E-state index in [2.05, 4.69) is 22.6 Å². The summed E-state index contributed by atoms with van der Waals surface area (Å²) in [5, 5.41) is 9.22. The number of carbonyl (C=O) groups excluding carboxylic acids is 1. The van der Waals surface area contributed by atoms with Crippen LogP contribution >= 0.6 is 34.2 Å². The van der Waals surface area contributed by atoms with E-state index in [9.17, 15) is 4.79 Å². The van der Waals surface area contributed by atoms with Gasteiger partial charge in [-0.3, -0.25) is 4.79 Å². The summed E-state index contributed by atoms with van der Waals surface area (Å²) < 4.78 is 5.70. The molecule has 16 heavy (non-hydrogen) atoms. The second-order valence-electron chi connectivity index (χ2n) is 3.02. The summed E-state index contributed by atoms with van der Waals surface area (Å²) in [5.41, 5.74) is 1.14. The number of nitriles is 1. The van der Waals surface area contributed by atoms with E-state index < -0.39 is 0 Å². The largest absolute Gasteiger partial charge is 0.466 e. The molecule has 0 aliphatic heterocycles. The topological polar surface area (TPSA) is 50.1 Å². The summed E-state index contributed by atoms with van der Waals surface area (Å²) in [7, 11) is 0. The summed E-state index contributed by atoms with van der Waals surface area (Å²) in [6.07, 6.45) is 0.165. The van der Waals surface area contributed by atoms with Gasteiger partial charge in [0.05, 0.1) is 23.6 Å². The van der Waals surface area contributed by atoms with Crippen LogP contribution in [0.25, 0.3) is 0 Å². The van der Waals surface area contributed by atoms with Crippen molar-refractivity contribution in [1.82, 2.24) is 0 Å². The predicted octanol–water partition coefficient (Wildman–Crippen LogP) is 2.92. The highest BCUT2D eigenvalue weighted by Gasteiger charge is 2.11. The number of esters is 1. The van der Waals surface area contributed by atoms with Crippen LogP contribution in [0.5, 0.6) is 0 Å². The molecule has 1 aromatic rings. The van der Waals surface area contributed by atoms with Gasteiger partial charge in [-0.2, -0.15) is 5.26 Å². The Morgan fingerprint density at radius 3 is 2.88 bits per heavy atom. The monoisotopic (exact) mass is 349 g/mol. The Labute approximate surface area is 112 Å². The Bertz CT molecular complexity index is 454. The van der Waals surface area contributed by atoms with Gasteiger partial charge in [-0.1, -0.05) is 11.6 Å². The first-order valence-electron chi connectivity index (χ1n) is 4.62. The van der Waals surface area contributed by atoms with Crippen LogP contribution in [0.4, 0.5) is 0 Å². The average molecular weight is 350 g/mol. The first-order chi connectivity index (χ1) is 7.58. The molecule has 0 atom stereocenters. The van der Waals surface area contributed by atoms with Crippen molar-refractivity contribution in [2.24, 2.45) is 0 Å². The van der Waals surface area contributed by atoms with Gasteiger partial charge in [0.1, 0.15) is 6.07 Å². The SMILES string of the molecule is CCOC(=O)Cc1cc(C#N)c(Cl)cc1I. The van der Waals surface area contributed by atoms with E-state index >= 15 is 0 Å². The fourth-order valence-electron chi connectivity index (χ4n) is 1.18. The number of carbonyl (C=O) groups is 1. The molecule has 0 aromatic heterocycles. The quantitative estimate of drug-likeness (QED) is 0.623.